The topological polar surface area (TPSA) is 90.3 Å². The number of carbonyl (C=O) groups is 2. The van der Waals surface area contributed by atoms with Crippen LogP contribution in [0.5, 0.6) is 0 Å². The third-order valence-electron chi connectivity index (χ3n) is 6.02. The molecule has 0 bridgehead atoms. The molecule has 2 heterocycles. The van der Waals surface area contributed by atoms with Crippen molar-refractivity contribution in [2.45, 2.75) is 40.0 Å². The third-order valence-corrected chi connectivity index (χ3v) is 6.92. The average Bonchev–Trinajstić information content (AvgIpc) is 3.26. The maximum absolute atomic E-state index is 13.6. The van der Waals surface area contributed by atoms with Crippen LogP contribution in [0.3, 0.4) is 0 Å². The molecule has 4 rings (SSSR count). The van der Waals surface area contributed by atoms with Gasteiger partial charge in [0.1, 0.15) is 5.00 Å². The largest absolute Gasteiger partial charge is 0.461 e. The van der Waals surface area contributed by atoms with Crippen molar-refractivity contribution in [3.05, 3.63) is 86.6 Å². The number of aromatic nitrogens is 2. The molecule has 1 N–H and O–H groups in total. The van der Waals surface area contributed by atoms with Gasteiger partial charge in [-0.1, -0.05) is 43.3 Å². The predicted octanol–water partition coefficient (Wildman–Crippen LogP) is 5.37. The minimum absolute atomic E-state index is 0.0338. The van der Waals surface area contributed by atoms with Crippen molar-refractivity contribution < 1.29 is 14.3 Å². The van der Waals surface area contributed by atoms with Gasteiger partial charge < -0.3 is 10.1 Å². The molecule has 0 radical (unpaired) electrons. The first-order valence-corrected chi connectivity index (χ1v) is 12.4. The number of hydrogen-bond donors (Lipinski definition) is 1. The molecule has 35 heavy (non-hydrogen) atoms. The Morgan fingerprint density at radius 3 is 2.49 bits per heavy atom. The van der Waals surface area contributed by atoms with Crippen molar-refractivity contribution in [2.75, 3.05) is 11.9 Å². The molecular formula is C27H27N3O4S. The van der Waals surface area contributed by atoms with Gasteiger partial charge in [-0.3, -0.25) is 9.59 Å². The van der Waals surface area contributed by atoms with Gasteiger partial charge in [0.25, 0.3) is 5.56 Å². The first-order valence-electron chi connectivity index (χ1n) is 11.5. The van der Waals surface area contributed by atoms with Gasteiger partial charge in [-0.25, -0.2) is 4.79 Å². The summed E-state index contributed by atoms with van der Waals surface area (Å²) in [6.45, 7) is 7.75. The number of thiophene rings is 1. The lowest BCUT2D eigenvalue weighted by molar-refractivity contribution is -0.117. The van der Waals surface area contributed by atoms with E-state index in [9.17, 15) is 14.4 Å². The lowest BCUT2D eigenvalue weighted by Crippen LogP contribution is -2.26. The van der Waals surface area contributed by atoms with Crippen molar-refractivity contribution in [2.24, 2.45) is 0 Å². The number of carbonyl (C=O) groups excluding carboxylic acids is 2. The Labute approximate surface area is 207 Å². The highest BCUT2D eigenvalue weighted by atomic mass is 32.1. The maximum atomic E-state index is 13.6. The maximum Gasteiger partial charge on any atom is 0.359 e. The number of nitrogens with zero attached hydrogens (tertiary/aromatic N) is 2. The molecule has 0 aliphatic carbocycles. The molecule has 0 spiro atoms. The number of aryl methyl sites for hydroxylation is 2. The number of amides is 1. The van der Waals surface area contributed by atoms with Crippen LogP contribution < -0.4 is 10.9 Å². The second-order valence-electron chi connectivity index (χ2n) is 8.27. The van der Waals surface area contributed by atoms with Crippen LogP contribution in [0.4, 0.5) is 5.00 Å². The van der Waals surface area contributed by atoms with Crippen LogP contribution in [-0.2, 0) is 9.53 Å². The highest BCUT2D eigenvalue weighted by Crippen LogP contribution is 2.32. The lowest BCUT2D eigenvalue weighted by atomic mass is 9.96. The first-order chi connectivity index (χ1) is 16.8. The number of esters is 1. The SMILES string of the molecule is CCOC(=O)c1nn(-c2ccc(C)c(C)c2)c(=O)c2c(NC(=O)C(CC)c3ccccc3)scc12. The summed E-state index contributed by atoms with van der Waals surface area (Å²) in [6, 6.07) is 15.0. The van der Waals surface area contributed by atoms with Gasteiger partial charge in [-0.2, -0.15) is 9.78 Å². The minimum atomic E-state index is -0.624. The average molecular weight is 490 g/mol. The van der Waals surface area contributed by atoms with E-state index in [1.165, 1.54) is 16.0 Å². The molecule has 7 nitrogen and oxygen atoms in total. The number of hydrogen-bond acceptors (Lipinski definition) is 6. The molecule has 1 amide bonds. The van der Waals surface area contributed by atoms with Crippen LogP contribution in [0.15, 0.2) is 58.7 Å². The molecule has 180 valence electrons. The van der Waals surface area contributed by atoms with Crippen LogP contribution in [0, 0.1) is 13.8 Å². The Bertz CT molecular complexity index is 1460. The second kappa shape index (κ2) is 10.2. The van der Waals surface area contributed by atoms with E-state index in [0.29, 0.717) is 22.5 Å². The molecule has 2 aromatic carbocycles. The van der Waals surface area contributed by atoms with Crippen molar-refractivity contribution in [3.8, 4) is 5.69 Å². The monoisotopic (exact) mass is 489 g/mol. The first kappa shape index (κ1) is 24.3. The summed E-state index contributed by atoms with van der Waals surface area (Å²) < 4.78 is 6.42. The Balaban J connectivity index is 1.86. The van der Waals surface area contributed by atoms with Crippen LogP contribution >= 0.6 is 11.3 Å². The fourth-order valence-corrected chi connectivity index (χ4v) is 4.92. The molecule has 0 saturated carbocycles. The predicted molar refractivity (Wildman–Crippen MR) is 139 cm³/mol. The van der Waals surface area contributed by atoms with Gasteiger partial charge in [-0.15, -0.1) is 11.3 Å². The second-order valence-corrected chi connectivity index (χ2v) is 9.15. The van der Waals surface area contributed by atoms with Crippen molar-refractivity contribution >= 4 is 39.0 Å². The van der Waals surface area contributed by atoms with Crippen LogP contribution in [0.1, 0.15) is 53.4 Å². The quantitative estimate of drug-likeness (QED) is 0.352. The molecule has 0 aliphatic rings. The molecule has 0 saturated heterocycles. The summed E-state index contributed by atoms with van der Waals surface area (Å²) in [4.78, 5) is 39.6. The van der Waals surface area contributed by atoms with E-state index in [4.69, 9.17) is 4.74 Å². The van der Waals surface area contributed by atoms with Crippen LogP contribution in [0.2, 0.25) is 0 Å². The molecule has 0 aliphatic heterocycles. The Hall–Kier alpha value is -3.78. The summed E-state index contributed by atoms with van der Waals surface area (Å²) in [5.41, 5.74) is 3.11. The molecule has 8 heteroatoms. The van der Waals surface area contributed by atoms with Gasteiger partial charge in [0.15, 0.2) is 5.69 Å². The standard InChI is InChI=1S/C27H27N3O4S/c1-5-20(18-10-8-7-9-11-18)24(31)28-25-22-21(15-35-25)23(27(33)34-6-2)29-30(26(22)32)19-13-12-16(3)17(4)14-19/h7-15,20H,5-6H2,1-4H3,(H,28,31). The van der Waals surface area contributed by atoms with Crippen molar-refractivity contribution in [1.82, 2.24) is 9.78 Å². The van der Waals surface area contributed by atoms with E-state index >= 15 is 0 Å². The van der Waals surface area contributed by atoms with E-state index in [1.54, 1.807) is 18.4 Å². The highest BCUT2D eigenvalue weighted by Gasteiger charge is 2.25. The van der Waals surface area contributed by atoms with Gasteiger partial charge in [0.2, 0.25) is 5.91 Å². The summed E-state index contributed by atoms with van der Waals surface area (Å²) in [5, 5.41) is 9.97. The van der Waals surface area contributed by atoms with E-state index in [0.717, 1.165) is 16.7 Å². The third kappa shape index (κ3) is 4.74. The lowest BCUT2D eigenvalue weighted by Gasteiger charge is -2.15. The molecule has 0 fully saturated rings. The summed E-state index contributed by atoms with van der Waals surface area (Å²) in [5.74, 6) is -1.21. The van der Waals surface area contributed by atoms with Gasteiger partial charge in [0.05, 0.1) is 23.6 Å². The fraction of sp³-hybridized carbons (Fsp3) is 0.259. The Morgan fingerprint density at radius 2 is 1.83 bits per heavy atom. The number of benzene rings is 2. The van der Waals surface area contributed by atoms with E-state index in [1.807, 2.05) is 63.2 Å². The highest BCUT2D eigenvalue weighted by molar-refractivity contribution is 7.16. The molecule has 1 unspecified atom stereocenters. The smallest absolute Gasteiger partial charge is 0.359 e. The Morgan fingerprint density at radius 1 is 1.09 bits per heavy atom. The van der Waals surface area contributed by atoms with E-state index < -0.39 is 11.5 Å². The van der Waals surface area contributed by atoms with Crippen molar-refractivity contribution in [1.29, 1.82) is 0 Å². The van der Waals surface area contributed by atoms with Gasteiger partial charge >= 0.3 is 5.97 Å². The van der Waals surface area contributed by atoms with E-state index in [-0.39, 0.29) is 29.5 Å². The zero-order valence-corrected chi connectivity index (χ0v) is 20.9. The molecule has 4 aromatic rings. The zero-order chi connectivity index (χ0) is 25.1. The minimum Gasteiger partial charge on any atom is -0.461 e. The van der Waals surface area contributed by atoms with E-state index in [2.05, 4.69) is 10.4 Å². The number of nitrogens with one attached hydrogen (secondary N) is 1. The van der Waals surface area contributed by atoms with Crippen LogP contribution in [-0.4, -0.2) is 28.3 Å². The number of rotatable bonds is 7. The fourth-order valence-electron chi connectivity index (χ4n) is 3.98. The molecule has 1 atom stereocenters. The van der Waals surface area contributed by atoms with Crippen LogP contribution in [0.25, 0.3) is 16.5 Å². The summed E-state index contributed by atoms with van der Waals surface area (Å²) >= 11 is 1.19. The number of fused-ring (bicyclic) bond motifs is 1. The normalized spacial score (nSPS) is 11.9. The summed E-state index contributed by atoms with van der Waals surface area (Å²) in [6.07, 6.45) is 0.599. The molecular weight excluding hydrogens is 462 g/mol. The van der Waals surface area contributed by atoms with Gasteiger partial charge in [-0.05, 0) is 56.0 Å². The number of ether oxygens (including phenoxy) is 1. The number of anilines is 1. The molecule has 2 aromatic heterocycles. The van der Waals surface area contributed by atoms with Crippen molar-refractivity contribution in [3.63, 3.8) is 0 Å². The van der Waals surface area contributed by atoms with Gasteiger partial charge in [0, 0.05) is 10.8 Å². The summed E-state index contributed by atoms with van der Waals surface area (Å²) in [7, 11) is 0. The zero-order valence-electron chi connectivity index (χ0n) is 20.1. The Kier molecular flexibility index (Phi) is 7.12.